The van der Waals surface area contributed by atoms with E-state index in [0.717, 1.165) is 18.6 Å². The SMILES string of the molecule is Cc1cccc(CSCC(N)(C(=O)O)C2CC2)c1. The summed E-state index contributed by atoms with van der Waals surface area (Å²) in [7, 11) is 0. The predicted octanol–water partition coefficient (Wildman–Crippen LogP) is 2.42. The lowest BCUT2D eigenvalue weighted by Gasteiger charge is -2.23. The standard InChI is InChI=1S/C14H19NO2S/c1-10-3-2-4-11(7-10)8-18-9-14(15,13(16)17)12-5-6-12/h2-4,7,12H,5-6,8-9,15H2,1H3,(H,16,17). The van der Waals surface area contributed by atoms with Crippen LogP contribution < -0.4 is 5.73 Å². The summed E-state index contributed by atoms with van der Waals surface area (Å²) < 4.78 is 0. The molecule has 0 heterocycles. The highest BCUT2D eigenvalue weighted by atomic mass is 32.2. The molecule has 1 aliphatic rings. The first-order valence-electron chi connectivity index (χ1n) is 6.18. The van der Waals surface area contributed by atoms with Gasteiger partial charge in [-0.15, -0.1) is 0 Å². The molecule has 4 heteroatoms. The molecular formula is C14H19NO2S. The number of nitrogens with two attached hydrogens (primary N) is 1. The summed E-state index contributed by atoms with van der Waals surface area (Å²) in [4.78, 5) is 11.3. The number of hydrogen-bond acceptors (Lipinski definition) is 3. The number of benzene rings is 1. The Balaban J connectivity index is 1.89. The Bertz CT molecular complexity index is 445. The first kappa shape index (κ1) is 13.4. The number of hydrogen-bond donors (Lipinski definition) is 2. The second-order valence-corrected chi connectivity index (χ2v) is 6.09. The van der Waals surface area contributed by atoms with Gasteiger partial charge in [-0.3, -0.25) is 4.79 Å². The van der Waals surface area contributed by atoms with Crippen LogP contribution in [0, 0.1) is 12.8 Å². The fourth-order valence-corrected chi connectivity index (χ4v) is 3.31. The maximum absolute atomic E-state index is 11.3. The number of aryl methyl sites for hydroxylation is 1. The Kier molecular flexibility index (Phi) is 3.97. The van der Waals surface area contributed by atoms with Gasteiger partial charge in [-0.25, -0.2) is 0 Å². The van der Waals surface area contributed by atoms with Crippen LogP contribution in [-0.4, -0.2) is 22.4 Å². The number of rotatable bonds is 6. The Hall–Kier alpha value is -1.00. The number of carboxylic acids is 1. The Labute approximate surface area is 112 Å². The van der Waals surface area contributed by atoms with Gasteiger partial charge in [-0.2, -0.15) is 11.8 Å². The van der Waals surface area contributed by atoms with Crippen LogP contribution >= 0.6 is 11.8 Å². The molecule has 3 nitrogen and oxygen atoms in total. The van der Waals surface area contributed by atoms with Crippen molar-refractivity contribution >= 4 is 17.7 Å². The summed E-state index contributed by atoms with van der Waals surface area (Å²) in [6, 6.07) is 8.28. The van der Waals surface area contributed by atoms with Crippen molar-refractivity contribution < 1.29 is 9.90 Å². The zero-order chi connectivity index (χ0) is 13.2. The summed E-state index contributed by atoms with van der Waals surface area (Å²) in [5, 5.41) is 9.25. The normalized spacial score (nSPS) is 18.3. The van der Waals surface area contributed by atoms with Crippen LogP contribution in [0.5, 0.6) is 0 Å². The van der Waals surface area contributed by atoms with Crippen LogP contribution in [0.4, 0.5) is 0 Å². The van der Waals surface area contributed by atoms with E-state index in [0.29, 0.717) is 5.75 Å². The number of carboxylic acid groups (broad SMARTS) is 1. The largest absolute Gasteiger partial charge is 0.480 e. The van der Waals surface area contributed by atoms with Gasteiger partial charge >= 0.3 is 5.97 Å². The molecule has 2 rings (SSSR count). The molecule has 1 unspecified atom stereocenters. The van der Waals surface area contributed by atoms with Gasteiger partial charge in [0.1, 0.15) is 5.54 Å². The molecule has 1 aliphatic carbocycles. The lowest BCUT2D eigenvalue weighted by Crippen LogP contribution is -2.52. The van der Waals surface area contributed by atoms with Crippen molar-refractivity contribution in [3.63, 3.8) is 0 Å². The van der Waals surface area contributed by atoms with Gasteiger partial charge in [0.15, 0.2) is 0 Å². The molecule has 1 aromatic carbocycles. The molecule has 98 valence electrons. The maximum Gasteiger partial charge on any atom is 0.324 e. The van der Waals surface area contributed by atoms with Gasteiger partial charge in [-0.05, 0) is 31.2 Å². The van der Waals surface area contributed by atoms with Crippen LogP contribution in [-0.2, 0) is 10.5 Å². The zero-order valence-corrected chi connectivity index (χ0v) is 11.4. The highest BCUT2D eigenvalue weighted by molar-refractivity contribution is 7.98. The van der Waals surface area contributed by atoms with E-state index < -0.39 is 11.5 Å². The van der Waals surface area contributed by atoms with Gasteiger partial charge < -0.3 is 10.8 Å². The maximum atomic E-state index is 11.3. The van der Waals surface area contributed by atoms with Crippen molar-refractivity contribution in [3.05, 3.63) is 35.4 Å². The Morgan fingerprint density at radius 2 is 2.28 bits per heavy atom. The zero-order valence-electron chi connectivity index (χ0n) is 10.6. The molecule has 0 saturated heterocycles. The topological polar surface area (TPSA) is 63.3 Å². The third-order valence-electron chi connectivity index (χ3n) is 3.40. The van der Waals surface area contributed by atoms with E-state index in [1.807, 2.05) is 6.07 Å². The minimum Gasteiger partial charge on any atom is -0.480 e. The van der Waals surface area contributed by atoms with E-state index in [4.69, 9.17) is 5.73 Å². The first-order valence-corrected chi connectivity index (χ1v) is 7.33. The summed E-state index contributed by atoms with van der Waals surface area (Å²) in [5.74, 6) is 0.614. The van der Waals surface area contributed by atoms with Crippen LogP contribution in [0.3, 0.4) is 0 Å². The van der Waals surface area contributed by atoms with E-state index >= 15 is 0 Å². The van der Waals surface area contributed by atoms with Gasteiger partial charge in [0.25, 0.3) is 0 Å². The highest BCUT2D eigenvalue weighted by Crippen LogP contribution is 2.40. The van der Waals surface area contributed by atoms with E-state index in [2.05, 4.69) is 25.1 Å². The number of carbonyl (C=O) groups is 1. The van der Waals surface area contributed by atoms with Crippen LogP contribution in [0.1, 0.15) is 24.0 Å². The smallest absolute Gasteiger partial charge is 0.324 e. The molecule has 1 aromatic rings. The molecule has 18 heavy (non-hydrogen) atoms. The number of thioether (sulfide) groups is 1. The fraction of sp³-hybridized carbons (Fsp3) is 0.500. The van der Waals surface area contributed by atoms with Gasteiger partial charge in [0, 0.05) is 11.5 Å². The molecule has 3 N–H and O–H groups in total. The fourth-order valence-electron chi connectivity index (χ4n) is 2.09. The van der Waals surface area contributed by atoms with Crippen LogP contribution in [0.25, 0.3) is 0 Å². The minimum atomic E-state index is -1.03. The van der Waals surface area contributed by atoms with Crippen molar-refractivity contribution in [1.82, 2.24) is 0 Å². The quantitative estimate of drug-likeness (QED) is 0.829. The average Bonchev–Trinajstić information content (AvgIpc) is 3.12. The molecular weight excluding hydrogens is 246 g/mol. The molecule has 1 atom stereocenters. The lowest BCUT2D eigenvalue weighted by atomic mass is 9.98. The minimum absolute atomic E-state index is 0.167. The van der Waals surface area contributed by atoms with Crippen molar-refractivity contribution in [2.24, 2.45) is 11.7 Å². The third kappa shape index (κ3) is 3.06. The first-order chi connectivity index (χ1) is 8.52. The molecule has 1 saturated carbocycles. The van der Waals surface area contributed by atoms with Gasteiger partial charge in [0.2, 0.25) is 0 Å². The van der Waals surface area contributed by atoms with Crippen molar-refractivity contribution in [2.45, 2.75) is 31.1 Å². The average molecular weight is 265 g/mol. The third-order valence-corrected chi connectivity index (χ3v) is 4.62. The Morgan fingerprint density at radius 3 is 2.83 bits per heavy atom. The Morgan fingerprint density at radius 1 is 1.56 bits per heavy atom. The van der Waals surface area contributed by atoms with E-state index in [-0.39, 0.29) is 5.92 Å². The summed E-state index contributed by atoms with van der Waals surface area (Å²) in [6.07, 6.45) is 1.90. The lowest BCUT2D eigenvalue weighted by molar-refractivity contribution is -0.143. The molecule has 1 fully saturated rings. The molecule has 0 aromatic heterocycles. The van der Waals surface area contributed by atoms with Crippen molar-refractivity contribution in [2.75, 3.05) is 5.75 Å². The highest BCUT2D eigenvalue weighted by Gasteiger charge is 2.47. The van der Waals surface area contributed by atoms with E-state index in [1.54, 1.807) is 11.8 Å². The van der Waals surface area contributed by atoms with Gasteiger partial charge in [-0.1, -0.05) is 29.8 Å². The summed E-state index contributed by atoms with van der Waals surface area (Å²) >= 11 is 1.61. The molecule has 0 amide bonds. The second kappa shape index (κ2) is 5.33. The number of aliphatic carboxylic acids is 1. The van der Waals surface area contributed by atoms with Crippen LogP contribution in [0.2, 0.25) is 0 Å². The van der Waals surface area contributed by atoms with E-state index in [9.17, 15) is 9.90 Å². The van der Waals surface area contributed by atoms with Crippen molar-refractivity contribution in [3.8, 4) is 0 Å². The molecule has 0 aliphatic heterocycles. The molecule has 0 spiro atoms. The summed E-state index contributed by atoms with van der Waals surface area (Å²) in [6.45, 7) is 2.06. The van der Waals surface area contributed by atoms with Gasteiger partial charge in [0.05, 0.1) is 0 Å². The summed E-state index contributed by atoms with van der Waals surface area (Å²) in [5.41, 5.74) is 7.44. The monoisotopic (exact) mass is 265 g/mol. The van der Waals surface area contributed by atoms with Crippen molar-refractivity contribution in [1.29, 1.82) is 0 Å². The predicted molar refractivity (Wildman–Crippen MR) is 74.6 cm³/mol. The second-order valence-electron chi connectivity index (χ2n) is 5.10. The molecule has 0 radical (unpaired) electrons. The van der Waals surface area contributed by atoms with E-state index in [1.165, 1.54) is 11.1 Å². The molecule has 0 bridgehead atoms. The van der Waals surface area contributed by atoms with Crippen LogP contribution in [0.15, 0.2) is 24.3 Å².